The number of carboxylic acid groups (broad SMARTS) is 1. The first-order valence-corrected chi connectivity index (χ1v) is 5.08. The van der Waals surface area contributed by atoms with Crippen LogP contribution in [0.4, 0.5) is 0 Å². The van der Waals surface area contributed by atoms with Crippen molar-refractivity contribution < 1.29 is 9.90 Å². The Labute approximate surface area is 88.2 Å². The molecule has 1 heterocycles. The molecular weight excluding hydrogens is 192 g/mol. The average Bonchev–Trinajstić information content (AvgIpc) is 2.87. The fraction of sp³-hybridized carbons (Fsp3) is 0.455. The molecule has 0 radical (unpaired) electrons. The summed E-state index contributed by atoms with van der Waals surface area (Å²) in [7, 11) is 0. The summed E-state index contributed by atoms with van der Waals surface area (Å²) < 4.78 is 1.79. The van der Waals surface area contributed by atoms with Crippen molar-refractivity contribution in [2.75, 3.05) is 0 Å². The van der Waals surface area contributed by atoms with Gasteiger partial charge in [0.25, 0.3) is 0 Å². The van der Waals surface area contributed by atoms with Crippen LogP contribution in [0.25, 0.3) is 0 Å². The predicted molar refractivity (Wildman–Crippen MR) is 55.6 cm³/mol. The second-order valence-corrected chi connectivity index (χ2v) is 4.04. The van der Waals surface area contributed by atoms with Gasteiger partial charge in [0, 0.05) is 18.2 Å². The van der Waals surface area contributed by atoms with Crippen molar-refractivity contribution in [3.63, 3.8) is 0 Å². The van der Waals surface area contributed by atoms with Crippen molar-refractivity contribution in [3.05, 3.63) is 29.6 Å². The number of aromatic nitrogens is 2. The lowest BCUT2D eigenvalue weighted by Gasteiger charge is -2.00. The second-order valence-electron chi connectivity index (χ2n) is 4.04. The molecule has 1 saturated carbocycles. The van der Waals surface area contributed by atoms with Crippen LogP contribution in [0.2, 0.25) is 0 Å². The number of allylic oxidation sites excluding steroid dienone is 1. The summed E-state index contributed by atoms with van der Waals surface area (Å²) in [6.07, 6.45) is 5.60. The van der Waals surface area contributed by atoms with E-state index in [1.807, 2.05) is 12.3 Å². The highest BCUT2D eigenvalue weighted by molar-refractivity contribution is 5.80. The zero-order chi connectivity index (χ0) is 10.8. The van der Waals surface area contributed by atoms with Gasteiger partial charge in [-0.2, -0.15) is 5.10 Å². The number of hydrogen-bond acceptors (Lipinski definition) is 2. The molecule has 1 aliphatic carbocycles. The largest absolute Gasteiger partial charge is 0.478 e. The van der Waals surface area contributed by atoms with Crippen LogP contribution in [-0.4, -0.2) is 20.9 Å². The average molecular weight is 206 g/mol. The molecule has 4 nitrogen and oxygen atoms in total. The molecule has 15 heavy (non-hydrogen) atoms. The van der Waals surface area contributed by atoms with Crippen LogP contribution in [0.1, 0.15) is 31.4 Å². The van der Waals surface area contributed by atoms with Crippen molar-refractivity contribution in [1.82, 2.24) is 9.78 Å². The summed E-state index contributed by atoms with van der Waals surface area (Å²) in [5.41, 5.74) is 1.94. The maximum atomic E-state index is 10.4. The Morgan fingerprint density at radius 2 is 2.47 bits per heavy atom. The molecule has 0 aliphatic heterocycles. The van der Waals surface area contributed by atoms with Crippen LogP contribution in [0.15, 0.2) is 23.9 Å². The molecule has 80 valence electrons. The van der Waals surface area contributed by atoms with E-state index in [2.05, 4.69) is 5.10 Å². The molecule has 4 heteroatoms. The Balaban J connectivity index is 2.00. The highest BCUT2D eigenvalue weighted by Crippen LogP contribution is 2.38. The van der Waals surface area contributed by atoms with Gasteiger partial charge < -0.3 is 5.11 Å². The first-order valence-electron chi connectivity index (χ1n) is 5.08. The van der Waals surface area contributed by atoms with E-state index < -0.39 is 5.97 Å². The van der Waals surface area contributed by atoms with Gasteiger partial charge in [0.1, 0.15) is 0 Å². The second kappa shape index (κ2) is 3.88. The number of carbonyl (C=O) groups is 1. The fourth-order valence-electron chi connectivity index (χ4n) is 1.57. The third kappa shape index (κ3) is 2.68. The first kappa shape index (κ1) is 9.96. The molecule has 1 aliphatic rings. The molecule has 0 atom stereocenters. The summed E-state index contributed by atoms with van der Waals surface area (Å²) >= 11 is 0. The molecular formula is C11H14N2O2. The van der Waals surface area contributed by atoms with E-state index in [4.69, 9.17) is 5.11 Å². The minimum absolute atomic E-state index is 0.555. The van der Waals surface area contributed by atoms with Gasteiger partial charge in [-0.05, 0) is 31.4 Å². The van der Waals surface area contributed by atoms with Crippen LogP contribution < -0.4 is 0 Å². The molecule has 0 spiro atoms. The molecule has 2 rings (SSSR count). The van der Waals surface area contributed by atoms with Gasteiger partial charge in [-0.25, -0.2) is 4.79 Å². The summed E-state index contributed by atoms with van der Waals surface area (Å²) in [5, 5.41) is 13.0. The van der Waals surface area contributed by atoms with Gasteiger partial charge in [0.05, 0.1) is 12.2 Å². The van der Waals surface area contributed by atoms with Crippen LogP contribution in [-0.2, 0) is 11.3 Å². The summed E-state index contributed by atoms with van der Waals surface area (Å²) in [5.74, 6) is -0.253. The molecule has 0 bridgehead atoms. The van der Waals surface area contributed by atoms with Crippen LogP contribution in [0, 0.1) is 0 Å². The molecule has 1 fully saturated rings. The molecule has 1 aromatic rings. The quantitative estimate of drug-likeness (QED) is 0.764. The number of rotatable bonds is 4. The highest BCUT2D eigenvalue weighted by atomic mass is 16.4. The van der Waals surface area contributed by atoms with Gasteiger partial charge in [0.2, 0.25) is 0 Å². The van der Waals surface area contributed by atoms with Crippen LogP contribution >= 0.6 is 0 Å². The van der Waals surface area contributed by atoms with E-state index in [1.165, 1.54) is 18.9 Å². The van der Waals surface area contributed by atoms with Gasteiger partial charge >= 0.3 is 5.97 Å². The predicted octanol–water partition coefficient (Wildman–Crippen LogP) is 1.79. The molecule has 0 saturated heterocycles. The van der Waals surface area contributed by atoms with E-state index in [9.17, 15) is 4.79 Å². The first-order chi connectivity index (χ1) is 7.15. The van der Waals surface area contributed by atoms with Crippen molar-refractivity contribution in [3.8, 4) is 0 Å². The topological polar surface area (TPSA) is 55.1 Å². The zero-order valence-electron chi connectivity index (χ0n) is 8.68. The van der Waals surface area contributed by atoms with E-state index >= 15 is 0 Å². The van der Waals surface area contributed by atoms with E-state index in [1.54, 1.807) is 11.6 Å². The summed E-state index contributed by atoms with van der Waals surface area (Å²) in [6.45, 7) is 2.35. The van der Waals surface area contributed by atoms with Crippen LogP contribution in [0.5, 0.6) is 0 Å². The molecule has 0 aromatic carbocycles. The third-order valence-electron chi connectivity index (χ3n) is 2.44. The normalized spacial score (nSPS) is 16.7. The number of carboxylic acids is 1. The molecule has 1 aromatic heterocycles. The Hall–Kier alpha value is -1.58. The Morgan fingerprint density at radius 3 is 3.07 bits per heavy atom. The third-order valence-corrected chi connectivity index (χ3v) is 2.44. The Bertz CT molecular complexity index is 402. The monoisotopic (exact) mass is 206 g/mol. The molecule has 0 amide bonds. The van der Waals surface area contributed by atoms with E-state index in [0.29, 0.717) is 12.5 Å². The molecule has 1 N–H and O–H groups in total. The van der Waals surface area contributed by atoms with Crippen molar-refractivity contribution in [1.29, 1.82) is 0 Å². The lowest BCUT2D eigenvalue weighted by atomic mass is 10.3. The standard InChI is InChI=1S/C11H14N2O2/c1-8(6-11(14)15)7-13-5-4-10(12-13)9-2-3-9/h4-6,9H,2-3,7H2,1H3,(H,14,15). The Morgan fingerprint density at radius 1 is 1.73 bits per heavy atom. The van der Waals surface area contributed by atoms with Gasteiger partial charge in [0.15, 0.2) is 0 Å². The zero-order valence-corrected chi connectivity index (χ0v) is 8.68. The number of aliphatic carboxylic acids is 1. The van der Waals surface area contributed by atoms with E-state index in [-0.39, 0.29) is 0 Å². The minimum atomic E-state index is -0.901. The maximum Gasteiger partial charge on any atom is 0.328 e. The maximum absolute atomic E-state index is 10.4. The number of nitrogens with zero attached hydrogens (tertiary/aromatic N) is 2. The SMILES string of the molecule is CC(=CC(=O)O)Cn1ccc(C2CC2)n1. The Kier molecular flexibility index (Phi) is 2.58. The summed E-state index contributed by atoms with van der Waals surface area (Å²) in [6, 6.07) is 2.02. The lowest BCUT2D eigenvalue weighted by Crippen LogP contribution is -2.02. The lowest BCUT2D eigenvalue weighted by molar-refractivity contribution is -0.131. The van der Waals surface area contributed by atoms with Crippen molar-refractivity contribution in [2.45, 2.75) is 32.2 Å². The van der Waals surface area contributed by atoms with Gasteiger partial charge in [-0.1, -0.05) is 0 Å². The van der Waals surface area contributed by atoms with Crippen molar-refractivity contribution >= 4 is 5.97 Å². The van der Waals surface area contributed by atoms with Gasteiger partial charge in [-0.15, -0.1) is 0 Å². The molecule has 0 unspecified atom stereocenters. The minimum Gasteiger partial charge on any atom is -0.478 e. The van der Waals surface area contributed by atoms with Crippen molar-refractivity contribution in [2.24, 2.45) is 0 Å². The number of hydrogen-bond donors (Lipinski definition) is 1. The highest BCUT2D eigenvalue weighted by Gasteiger charge is 2.25. The van der Waals surface area contributed by atoms with E-state index in [0.717, 1.165) is 11.3 Å². The smallest absolute Gasteiger partial charge is 0.328 e. The van der Waals surface area contributed by atoms with Crippen LogP contribution in [0.3, 0.4) is 0 Å². The fourth-order valence-corrected chi connectivity index (χ4v) is 1.57. The van der Waals surface area contributed by atoms with Gasteiger partial charge in [-0.3, -0.25) is 4.68 Å². The summed E-state index contributed by atoms with van der Waals surface area (Å²) in [4.78, 5) is 10.4.